The molecule has 0 radical (unpaired) electrons. The highest BCUT2D eigenvalue weighted by Gasteiger charge is 2.04. The smallest absolute Gasteiger partial charge is 0.224 e. The Morgan fingerprint density at radius 3 is 2.94 bits per heavy atom. The van der Waals surface area contributed by atoms with Crippen LogP contribution < -0.4 is 5.32 Å². The van der Waals surface area contributed by atoms with Gasteiger partial charge in [0.25, 0.3) is 0 Å². The second-order valence-corrected chi connectivity index (χ2v) is 6.02. The highest BCUT2D eigenvalue weighted by molar-refractivity contribution is 9.10. The van der Waals surface area contributed by atoms with Crippen LogP contribution in [0.2, 0.25) is 5.28 Å². The van der Waals surface area contributed by atoms with E-state index in [-0.39, 0.29) is 5.28 Å². The molecular formula is C9H6Br2ClN3S. The second-order valence-electron chi connectivity index (χ2n) is 2.92. The van der Waals surface area contributed by atoms with Gasteiger partial charge in [0, 0.05) is 20.9 Å². The second kappa shape index (κ2) is 5.44. The molecule has 16 heavy (non-hydrogen) atoms. The number of rotatable bonds is 3. The van der Waals surface area contributed by atoms with Crippen LogP contribution in [0.3, 0.4) is 0 Å². The van der Waals surface area contributed by atoms with Gasteiger partial charge in [-0.3, -0.25) is 0 Å². The average molecular weight is 383 g/mol. The molecule has 2 aromatic heterocycles. The topological polar surface area (TPSA) is 37.8 Å². The molecule has 0 amide bonds. The molecule has 0 unspecified atom stereocenters. The first kappa shape index (κ1) is 12.3. The number of hydrogen-bond donors (Lipinski definition) is 1. The standard InChI is InChI=1S/C9H6Br2ClN3S/c10-5-1-6(16-4-5)2-13-8-7(11)3-14-9(12)15-8/h1,3-4H,2H2,(H,13,14,15). The molecule has 0 bridgehead atoms. The lowest BCUT2D eigenvalue weighted by atomic mass is 10.4. The zero-order valence-corrected chi connectivity index (χ0v) is 12.6. The van der Waals surface area contributed by atoms with Crippen LogP contribution in [0.1, 0.15) is 4.88 Å². The summed E-state index contributed by atoms with van der Waals surface area (Å²) in [4.78, 5) is 9.16. The van der Waals surface area contributed by atoms with Crippen molar-refractivity contribution in [2.24, 2.45) is 0 Å². The normalized spacial score (nSPS) is 10.4. The minimum absolute atomic E-state index is 0.234. The van der Waals surface area contributed by atoms with Crippen molar-refractivity contribution in [1.82, 2.24) is 9.97 Å². The van der Waals surface area contributed by atoms with Crippen LogP contribution in [0, 0.1) is 0 Å². The van der Waals surface area contributed by atoms with Crippen molar-refractivity contribution < 1.29 is 0 Å². The van der Waals surface area contributed by atoms with Gasteiger partial charge in [-0.25, -0.2) is 4.98 Å². The first-order valence-corrected chi connectivity index (χ1v) is 7.14. The van der Waals surface area contributed by atoms with Crippen molar-refractivity contribution in [1.29, 1.82) is 0 Å². The molecule has 0 spiro atoms. The Kier molecular flexibility index (Phi) is 4.18. The minimum Gasteiger partial charge on any atom is -0.364 e. The monoisotopic (exact) mass is 381 g/mol. The van der Waals surface area contributed by atoms with E-state index >= 15 is 0 Å². The molecule has 0 fully saturated rings. The number of nitrogens with zero attached hydrogens (tertiary/aromatic N) is 2. The summed E-state index contributed by atoms with van der Waals surface area (Å²) in [6.45, 7) is 0.711. The van der Waals surface area contributed by atoms with E-state index in [2.05, 4.69) is 53.2 Å². The summed E-state index contributed by atoms with van der Waals surface area (Å²) >= 11 is 14.2. The number of anilines is 1. The summed E-state index contributed by atoms with van der Waals surface area (Å²) in [5, 5.41) is 5.47. The van der Waals surface area contributed by atoms with Crippen LogP contribution >= 0.6 is 54.8 Å². The van der Waals surface area contributed by atoms with Gasteiger partial charge in [-0.2, -0.15) is 4.98 Å². The maximum atomic E-state index is 5.71. The molecular weight excluding hydrogens is 377 g/mol. The van der Waals surface area contributed by atoms with Gasteiger partial charge in [0.15, 0.2) is 0 Å². The molecule has 0 saturated carbocycles. The zero-order valence-electron chi connectivity index (χ0n) is 7.88. The number of hydrogen-bond acceptors (Lipinski definition) is 4. The molecule has 0 aromatic carbocycles. The van der Waals surface area contributed by atoms with Crippen molar-refractivity contribution in [2.45, 2.75) is 6.54 Å². The maximum absolute atomic E-state index is 5.71. The zero-order chi connectivity index (χ0) is 11.5. The molecule has 0 aliphatic carbocycles. The van der Waals surface area contributed by atoms with Gasteiger partial charge in [-0.1, -0.05) is 0 Å². The molecule has 84 valence electrons. The van der Waals surface area contributed by atoms with Crippen LogP contribution in [0.25, 0.3) is 0 Å². The lowest BCUT2D eigenvalue weighted by molar-refractivity contribution is 1.09. The highest BCUT2D eigenvalue weighted by Crippen LogP contribution is 2.23. The predicted octanol–water partition coefficient (Wildman–Crippen LogP) is 4.33. The van der Waals surface area contributed by atoms with E-state index in [9.17, 15) is 0 Å². The van der Waals surface area contributed by atoms with Crippen LogP contribution in [-0.4, -0.2) is 9.97 Å². The Morgan fingerprint density at radius 2 is 2.25 bits per heavy atom. The van der Waals surface area contributed by atoms with E-state index in [0.29, 0.717) is 12.4 Å². The van der Waals surface area contributed by atoms with E-state index in [1.165, 1.54) is 4.88 Å². The summed E-state index contributed by atoms with van der Waals surface area (Å²) in [6.07, 6.45) is 1.63. The molecule has 0 aliphatic rings. The summed E-state index contributed by atoms with van der Waals surface area (Å²) in [7, 11) is 0. The van der Waals surface area contributed by atoms with E-state index < -0.39 is 0 Å². The van der Waals surface area contributed by atoms with Crippen molar-refractivity contribution in [3.05, 3.63) is 36.7 Å². The largest absolute Gasteiger partial charge is 0.364 e. The average Bonchev–Trinajstić information content (AvgIpc) is 2.66. The third-order valence-corrected chi connectivity index (χ3v) is 4.23. The first-order chi connectivity index (χ1) is 7.65. The van der Waals surface area contributed by atoms with Crippen LogP contribution in [0.15, 0.2) is 26.6 Å². The molecule has 2 rings (SSSR count). The van der Waals surface area contributed by atoms with Gasteiger partial charge in [0.2, 0.25) is 5.28 Å². The Morgan fingerprint density at radius 1 is 1.44 bits per heavy atom. The lowest BCUT2D eigenvalue weighted by Crippen LogP contribution is -2.01. The van der Waals surface area contributed by atoms with Crippen LogP contribution in [0.5, 0.6) is 0 Å². The van der Waals surface area contributed by atoms with Crippen molar-refractivity contribution >= 4 is 60.6 Å². The van der Waals surface area contributed by atoms with E-state index in [0.717, 1.165) is 8.95 Å². The fourth-order valence-electron chi connectivity index (χ4n) is 1.09. The summed E-state index contributed by atoms with van der Waals surface area (Å²) in [5.41, 5.74) is 0. The maximum Gasteiger partial charge on any atom is 0.224 e. The quantitative estimate of drug-likeness (QED) is 0.802. The summed E-state index contributed by atoms with van der Waals surface area (Å²) < 4.78 is 1.89. The molecule has 1 N–H and O–H groups in total. The highest BCUT2D eigenvalue weighted by atomic mass is 79.9. The Bertz CT molecular complexity index is 503. The Balaban J connectivity index is 2.07. The predicted molar refractivity (Wildman–Crippen MR) is 74.1 cm³/mol. The summed E-state index contributed by atoms with van der Waals surface area (Å²) in [6, 6.07) is 2.06. The molecule has 0 aliphatic heterocycles. The Hall–Kier alpha value is -0.170. The number of halogens is 3. The SMILES string of the molecule is Clc1ncc(Br)c(NCc2cc(Br)cs2)n1. The molecule has 2 aromatic rings. The fraction of sp³-hybridized carbons (Fsp3) is 0.111. The number of aromatic nitrogens is 2. The molecule has 2 heterocycles. The Labute approximate surface area is 119 Å². The van der Waals surface area contributed by atoms with Crippen molar-refractivity contribution in [3.63, 3.8) is 0 Å². The van der Waals surface area contributed by atoms with Gasteiger partial charge >= 0.3 is 0 Å². The van der Waals surface area contributed by atoms with Gasteiger partial charge in [0.05, 0.1) is 11.0 Å². The third-order valence-electron chi connectivity index (χ3n) is 1.77. The van der Waals surface area contributed by atoms with Gasteiger partial charge in [-0.15, -0.1) is 11.3 Å². The minimum atomic E-state index is 0.234. The molecule has 0 atom stereocenters. The lowest BCUT2D eigenvalue weighted by Gasteiger charge is -2.05. The van der Waals surface area contributed by atoms with Gasteiger partial charge in [-0.05, 0) is 49.5 Å². The first-order valence-electron chi connectivity index (χ1n) is 4.30. The van der Waals surface area contributed by atoms with Gasteiger partial charge < -0.3 is 5.32 Å². The fourth-order valence-corrected chi connectivity index (χ4v) is 2.94. The van der Waals surface area contributed by atoms with Crippen LogP contribution in [0.4, 0.5) is 5.82 Å². The van der Waals surface area contributed by atoms with Crippen molar-refractivity contribution in [2.75, 3.05) is 5.32 Å². The van der Waals surface area contributed by atoms with E-state index in [4.69, 9.17) is 11.6 Å². The van der Waals surface area contributed by atoms with Gasteiger partial charge in [0.1, 0.15) is 5.82 Å². The van der Waals surface area contributed by atoms with Crippen molar-refractivity contribution in [3.8, 4) is 0 Å². The molecule has 7 heteroatoms. The number of thiophene rings is 1. The summed E-state index contributed by atoms with van der Waals surface area (Å²) in [5.74, 6) is 0.699. The third kappa shape index (κ3) is 3.16. The van der Waals surface area contributed by atoms with E-state index in [1.54, 1.807) is 17.5 Å². The van der Waals surface area contributed by atoms with E-state index in [1.807, 2.05) is 5.38 Å². The molecule has 3 nitrogen and oxygen atoms in total. The number of nitrogens with one attached hydrogen (secondary N) is 1. The molecule has 0 saturated heterocycles. The van der Waals surface area contributed by atoms with Crippen LogP contribution in [-0.2, 0) is 6.54 Å².